The van der Waals surface area contributed by atoms with E-state index in [2.05, 4.69) is 18.2 Å². The predicted octanol–water partition coefficient (Wildman–Crippen LogP) is 6.52. The highest BCUT2D eigenvalue weighted by Crippen LogP contribution is 2.61. The van der Waals surface area contributed by atoms with Crippen LogP contribution in [-0.2, 0) is 0 Å². The molecule has 29 heavy (non-hydrogen) atoms. The van der Waals surface area contributed by atoms with Gasteiger partial charge in [-0.2, -0.15) is 0 Å². The minimum Gasteiger partial charge on any atom is -0.478 e. The summed E-state index contributed by atoms with van der Waals surface area (Å²) in [4.78, 5) is 12.7. The summed E-state index contributed by atoms with van der Waals surface area (Å²) >= 11 is 0. The molecular weight excluding hydrogens is 356 g/mol. The molecule has 6 saturated carbocycles. The Morgan fingerprint density at radius 2 is 1.41 bits per heavy atom. The molecule has 152 valence electrons. The van der Waals surface area contributed by atoms with Crippen molar-refractivity contribution in [2.45, 2.75) is 70.1 Å². The molecule has 2 unspecified atom stereocenters. The van der Waals surface area contributed by atoms with Crippen LogP contribution in [0.1, 0.15) is 91.6 Å². The van der Waals surface area contributed by atoms with Crippen LogP contribution in [0.3, 0.4) is 0 Å². The van der Waals surface area contributed by atoms with Gasteiger partial charge in [0, 0.05) is 0 Å². The highest BCUT2D eigenvalue weighted by molar-refractivity contribution is 5.97. The van der Waals surface area contributed by atoms with Crippen molar-refractivity contribution in [2.24, 2.45) is 41.4 Å². The van der Waals surface area contributed by atoms with Crippen LogP contribution in [0.4, 0.5) is 0 Å². The summed E-state index contributed by atoms with van der Waals surface area (Å²) in [7, 11) is 0. The molecule has 0 heterocycles. The van der Waals surface area contributed by atoms with Gasteiger partial charge >= 0.3 is 5.97 Å². The fourth-order valence-electron chi connectivity index (χ4n) is 9.58. The fourth-order valence-corrected chi connectivity index (χ4v) is 9.58. The Kier molecular flexibility index (Phi) is 3.54. The second-order valence-corrected chi connectivity index (χ2v) is 11.6. The summed E-state index contributed by atoms with van der Waals surface area (Å²) in [5, 5.41) is 10.4. The monoisotopic (exact) mass is 388 g/mol. The number of hydrogen-bond donors (Lipinski definition) is 1. The lowest BCUT2D eigenvalue weighted by atomic mass is 9.50. The quantitative estimate of drug-likeness (QED) is 0.640. The van der Waals surface area contributed by atoms with Gasteiger partial charge in [-0.3, -0.25) is 0 Å². The van der Waals surface area contributed by atoms with E-state index in [0.29, 0.717) is 17.4 Å². The number of allylic oxidation sites excluding steroid dienone is 2. The molecule has 1 aromatic rings. The van der Waals surface area contributed by atoms with Crippen molar-refractivity contribution < 1.29 is 9.90 Å². The summed E-state index contributed by atoms with van der Waals surface area (Å²) in [6, 6.07) is 6.55. The molecule has 2 atom stereocenters. The van der Waals surface area contributed by atoms with Gasteiger partial charge in [0.15, 0.2) is 0 Å². The molecule has 0 amide bonds. The van der Waals surface area contributed by atoms with Crippen LogP contribution in [0.15, 0.2) is 23.8 Å². The molecule has 0 radical (unpaired) electrons. The second-order valence-electron chi connectivity index (χ2n) is 11.6. The Morgan fingerprint density at radius 1 is 0.793 bits per heavy atom. The molecule has 8 bridgehead atoms. The molecule has 1 N–H and O–H groups in total. The lowest BCUT2D eigenvalue weighted by Gasteiger charge is -2.55. The predicted molar refractivity (Wildman–Crippen MR) is 114 cm³/mol. The molecule has 2 nitrogen and oxygen atoms in total. The average Bonchev–Trinajstić information content (AvgIpc) is 2.66. The van der Waals surface area contributed by atoms with Gasteiger partial charge in [0.05, 0.1) is 5.56 Å². The van der Waals surface area contributed by atoms with Crippen LogP contribution >= 0.6 is 0 Å². The first-order chi connectivity index (χ1) is 14.1. The molecule has 2 heteroatoms. The maximum absolute atomic E-state index is 12.7. The molecular formula is C27H32O2. The Hall–Kier alpha value is -1.57. The first-order valence-corrected chi connectivity index (χ1v) is 12.2. The van der Waals surface area contributed by atoms with Gasteiger partial charge in [0.2, 0.25) is 0 Å². The third-order valence-corrected chi connectivity index (χ3v) is 9.95. The molecule has 8 aliphatic carbocycles. The van der Waals surface area contributed by atoms with Crippen molar-refractivity contribution >= 4 is 11.5 Å². The SMILES string of the molecule is O=C(O)c1c(C2=C3CC4CC(C3)CC2C4)cccc1C1C2CC3CC(C2)CC1C3. The second kappa shape index (κ2) is 5.99. The molecule has 0 aromatic heterocycles. The van der Waals surface area contributed by atoms with Crippen LogP contribution in [0, 0.1) is 41.4 Å². The van der Waals surface area contributed by atoms with Gasteiger partial charge in [-0.25, -0.2) is 4.79 Å². The van der Waals surface area contributed by atoms with Crippen molar-refractivity contribution in [3.05, 3.63) is 40.5 Å². The largest absolute Gasteiger partial charge is 0.478 e. The van der Waals surface area contributed by atoms with Crippen molar-refractivity contribution in [3.63, 3.8) is 0 Å². The first-order valence-electron chi connectivity index (χ1n) is 12.2. The zero-order chi connectivity index (χ0) is 19.3. The number of aromatic carboxylic acids is 1. The van der Waals surface area contributed by atoms with Crippen LogP contribution < -0.4 is 0 Å². The fraction of sp³-hybridized carbons (Fsp3) is 0.667. The molecule has 0 aliphatic heterocycles. The Balaban J connectivity index is 1.37. The summed E-state index contributed by atoms with van der Waals surface area (Å²) in [6.07, 6.45) is 13.4. The zero-order valence-corrected chi connectivity index (χ0v) is 17.3. The Labute approximate surface area is 173 Å². The van der Waals surface area contributed by atoms with Crippen LogP contribution in [0.25, 0.3) is 5.57 Å². The van der Waals surface area contributed by atoms with E-state index in [4.69, 9.17) is 0 Å². The number of carboxylic acids is 1. The van der Waals surface area contributed by atoms with Crippen molar-refractivity contribution in [1.29, 1.82) is 0 Å². The topological polar surface area (TPSA) is 37.3 Å². The minimum atomic E-state index is -0.675. The lowest BCUT2D eigenvalue weighted by Crippen LogP contribution is -2.44. The molecule has 6 fully saturated rings. The van der Waals surface area contributed by atoms with Gasteiger partial charge in [0.1, 0.15) is 0 Å². The minimum absolute atomic E-state index is 0.497. The Morgan fingerprint density at radius 3 is 2.00 bits per heavy atom. The van der Waals surface area contributed by atoms with E-state index < -0.39 is 5.97 Å². The van der Waals surface area contributed by atoms with Crippen molar-refractivity contribution in [3.8, 4) is 0 Å². The van der Waals surface area contributed by atoms with Gasteiger partial charge in [-0.15, -0.1) is 0 Å². The summed E-state index contributed by atoms with van der Waals surface area (Å²) in [5.41, 5.74) is 6.10. The average molecular weight is 389 g/mol. The number of carbonyl (C=O) groups is 1. The number of hydrogen-bond acceptors (Lipinski definition) is 1. The van der Waals surface area contributed by atoms with E-state index in [1.807, 2.05) is 0 Å². The van der Waals surface area contributed by atoms with Crippen molar-refractivity contribution in [2.75, 3.05) is 0 Å². The maximum atomic E-state index is 12.7. The highest BCUT2D eigenvalue weighted by atomic mass is 16.4. The van der Waals surface area contributed by atoms with Crippen LogP contribution in [0.5, 0.6) is 0 Å². The zero-order valence-electron chi connectivity index (χ0n) is 17.3. The molecule has 1 aromatic carbocycles. The first kappa shape index (κ1) is 17.1. The lowest BCUT2D eigenvalue weighted by molar-refractivity contribution is -0.00316. The Bertz CT molecular complexity index is 880. The third-order valence-electron chi connectivity index (χ3n) is 9.95. The van der Waals surface area contributed by atoms with E-state index in [1.54, 1.807) is 5.57 Å². The van der Waals surface area contributed by atoms with Crippen molar-refractivity contribution in [1.82, 2.24) is 0 Å². The normalized spacial score (nSPS) is 44.0. The molecule has 8 aliphatic rings. The number of carboxylic acid groups (broad SMARTS) is 1. The summed E-state index contributed by atoms with van der Waals surface area (Å²) in [6.45, 7) is 0. The summed E-state index contributed by atoms with van der Waals surface area (Å²) in [5.74, 6) is 5.54. The van der Waals surface area contributed by atoms with Gasteiger partial charge in [-0.1, -0.05) is 23.8 Å². The van der Waals surface area contributed by atoms with E-state index in [-0.39, 0.29) is 0 Å². The maximum Gasteiger partial charge on any atom is 0.336 e. The third kappa shape index (κ3) is 2.44. The number of benzene rings is 1. The number of rotatable bonds is 3. The standard InChI is InChI=1S/C27H32O2/c28-27(29)26-22(24-18-6-14-4-15(8-18)9-19(24)7-14)2-1-3-23(26)25-20-10-16-5-17(12-20)13-21(25)11-16/h1-3,14-20,24H,4-13H2,(H,28,29). The van der Waals surface area contributed by atoms with Gasteiger partial charge < -0.3 is 5.11 Å². The molecule has 0 spiro atoms. The van der Waals surface area contributed by atoms with Crippen LogP contribution in [-0.4, -0.2) is 11.1 Å². The van der Waals surface area contributed by atoms with Gasteiger partial charge in [0.25, 0.3) is 0 Å². The molecule has 9 rings (SSSR count). The van der Waals surface area contributed by atoms with E-state index in [9.17, 15) is 9.90 Å². The molecule has 0 saturated heterocycles. The van der Waals surface area contributed by atoms with E-state index in [1.165, 1.54) is 75.3 Å². The van der Waals surface area contributed by atoms with Gasteiger partial charge in [-0.05, 0) is 128 Å². The van der Waals surface area contributed by atoms with E-state index in [0.717, 1.165) is 41.1 Å². The van der Waals surface area contributed by atoms with E-state index >= 15 is 0 Å². The highest BCUT2D eigenvalue weighted by Gasteiger charge is 2.50. The summed E-state index contributed by atoms with van der Waals surface area (Å²) < 4.78 is 0. The smallest absolute Gasteiger partial charge is 0.336 e. The van der Waals surface area contributed by atoms with Crippen LogP contribution in [0.2, 0.25) is 0 Å².